The molecule has 0 radical (unpaired) electrons. The van der Waals surface area contributed by atoms with E-state index in [2.05, 4.69) is 5.32 Å². The maximum atomic E-state index is 11.6. The van der Waals surface area contributed by atoms with Gasteiger partial charge in [-0.05, 0) is 7.05 Å². The third kappa shape index (κ3) is 10.5. The molecule has 0 fully saturated rings. The summed E-state index contributed by atoms with van der Waals surface area (Å²) in [7, 11) is 1.56. The average molecular weight is 405 g/mol. The van der Waals surface area contributed by atoms with Crippen molar-refractivity contribution in [1.29, 1.82) is 0 Å². The van der Waals surface area contributed by atoms with Crippen LogP contribution in [0.1, 0.15) is 34.6 Å². The summed E-state index contributed by atoms with van der Waals surface area (Å²) < 4.78 is 25.6. The minimum atomic E-state index is -1.41. The molecule has 0 rings (SSSR count). The summed E-state index contributed by atoms with van der Waals surface area (Å²) in [4.78, 5) is 57.4. The molecular formula is C17H27NO10. The molecule has 1 N–H and O–H groups in total. The van der Waals surface area contributed by atoms with Gasteiger partial charge in [0, 0.05) is 41.2 Å². The number of carbonyl (C=O) groups is 5. The minimum Gasteiger partial charge on any atom is -0.462 e. The van der Waals surface area contributed by atoms with E-state index in [9.17, 15) is 24.0 Å². The Morgan fingerprint density at radius 1 is 0.643 bits per heavy atom. The molecule has 0 bridgehead atoms. The number of esters is 5. The van der Waals surface area contributed by atoms with E-state index >= 15 is 0 Å². The van der Waals surface area contributed by atoms with Gasteiger partial charge in [-0.2, -0.15) is 0 Å². The lowest BCUT2D eigenvalue weighted by molar-refractivity contribution is -0.202. The number of nitrogens with one attached hydrogen (secondary N) is 1. The molecule has 0 unspecified atom stereocenters. The van der Waals surface area contributed by atoms with Gasteiger partial charge >= 0.3 is 29.8 Å². The Kier molecular flexibility index (Phi) is 11.4. The quantitative estimate of drug-likeness (QED) is 0.351. The van der Waals surface area contributed by atoms with Crippen LogP contribution in [0.15, 0.2) is 0 Å². The van der Waals surface area contributed by atoms with Crippen LogP contribution in [0.3, 0.4) is 0 Å². The number of rotatable bonds is 11. The zero-order valence-corrected chi connectivity index (χ0v) is 16.8. The SMILES string of the molecule is CNC[C@@H](OC(C)=O)[C@H](OC(C)=O)[C@@H](OC(C)=O)[C@H](COC(C)=O)OC(C)=O. The predicted octanol–water partition coefficient (Wildman–Crippen LogP) is -0.504. The highest BCUT2D eigenvalue weighted by atomic mass is 16.6. The van der Waals surface area contributed by atoms with Crippen molar-refractivity contribution in [2.75, 3.05) is 20.2 Å². The molecule has 28 heavy (non-hydrogen) atoms. The Bertz CT molecular complexity index is 576. The van der Waals surface area contributed by atoms with E-state index in [-0.39, 0.29) is 6.54 Å². The van der Waals surface area contributed by atoms with Crippen LogP contribution < -0.4 is 5.32 Å². The molecule has 0 aromatic carbocycles. The fourth-order valence-electron chi connectivity index (χ4n) is 2.34. The summed E-state index contributed by atoms with van der Waals surface area (Å²) in [6.45, 7) is 5.13. The second-order valence-corrected chi connectivity index (χ2v) is 5.80. The van der Waals surface area contributed by atoms with Gasteiger partial charge in [0.2, 0.25) is 0 Å². The fourth-order valence-corrected chi connectivity index (χ4v) is 2.34. The minimum absolute atomic E-state index is 0.0235. The van der Waals surface area contributed by atoms with Gasteiger partial charge in [-0.1, -0.05) is 0 Å². The molecule has 4 atom stereocenters. The maximum absolute atomic E-state index is 11.6. The average Bonchev–Trinajstić information content (AvgIpc) is 2.53. The zero-order valence-electron chi connectivity index (χ0n) is 16.8. The molecule has 0 amide bonds. The zero-order chi connectivity index (χ0) is 21.9. The number of likely N-dealkylation sites (N-methyl/N-ethyl adjacent to an activating group) is 1. The fraction of sp³-hybridized carbons (Fsp3) is 0.706. The van der Waals surface area contributed by atoms with Gasteiger partial charge in [0.1, 0.15) is 6.61 Å². The molecule has 0 aliphatic rings. The predicted molar refractivity (Wildman–Crippen MR) is 92.8 cm³/mol. The smallest absolute Gasteiger partial charge is 0.303 e. The van der Waals surface area contributed by atoms with Crippen LogP contribution in [0, 0.1) is 0 Å². The highest BCUT2D eigenvalue weighted by Crippen LogP contribution is 2.20. The molecule has 11 nitrogen and oxygen atoms in total. The molecule has 0 saturated heterocycles. The van der Waals surface area contributed by atoms with Crippen LogP contribution in [0.5, 0.6) is 0 Å². The van der Waals surface area contributed by atoms with Crippen molar-refractivity contribution in [2.45, 2.75) is 59.0 Å². The van der Waals surface area contributed by atoms with Crippen molar-refractivity contribution in [1.82, 2.24) is 5.32 Å². The van der Waals surface area contributed by atoms with E-state index in [1.165, 1.54) is 0 Å². The molecule has 0 aliphatic carbocycles. The van der Waals surface area contributed by atoms with E-state index in [0.29, 0.717) is 0 Å². The molecule has 0 heterocycles. The molecule has 0 aromatic heterocycles. The Labute approximate surface area is 163 Å². The summed E-state index contributed by atoms with van der Waals surface area (Å²) in [6.07, 6.45) is -5.17. The summed E-state index contributed by atoms with van der Waals surface area (Å²) in [5, 5.41) is 2.76. The molecule has 0 aromatic rings. The topological polar surface area (TPSA) is 144 Å². The van der Waals surface area contributed by atoms with Crippen molar-refractivity contribution in [3.63, 3.8) is 0 Å². The summed E-state index contributed by atoms with van der Waals surface area (Å²) in [6, 6.07) is 0. The molecule has 0 spiro atoms. The van der Waals surface area contributed by atoms with Crippen molar-refractivity contribution < 1.29 is 47.7 Å². The van der Waals surface area contributed by atoms with Gasteiger partial charge in [0.15, 0.2) is 24.4 Å². The monoisotopic (exact) mass is 405 g/mol. The third-order valence-corrected chi connectivity index (χ3v) is 3.15. The highest BCUT2D eigenvalue weighted by Gasteiger charge is 2.43. The lowest BCUT2D eigenvalue weighted by Gasteiger charge is -2.35. The van der Waals surface area contributed by atoms with Crippen molar-refractivity contribution in [3.05, 3.63) is 0 Å². The lowest BCUT2D eigenvalue weighted by atomic mass is 10.0. The van der Waals surface area contributed by atoms with E-state index in [1.54, 1.807) is 7.05 Å². The number of hydrogen-bond donors (Lipinski definition) is 1. The number of carbonyl (C=O) groups excluding carboxylic acids is 5. The second-order valence-electron chi connectivity index (χ2n) is 5.80. The summed E-state index contributed by atoms with van der Waals surface area (Å²) in [5.74, 6) is -3.65. The van der Waals surface area contributed by atoms with Crippen LogP contribution in [-0.2, 0) is 47.7 Å². The first kappa shape index (κ1) is 25.3. The van der Waals surface area contributed by atoms with Crippen molar-refractivity contribution >= 4 is 29.8 Å². The maximum Gasteiger partial charge on any atom is 0.303 e. The number of ether oxygens (including phenoxy) is 5. The lowest BCUT2D eigenvalue weighted by Crippen LogP contribution is -2.55. The third-order valence-electron chi connectivity index (χ3n) is 3.15. The van der Waals surface area contributed by atoms with E-state index in [4.69, 9.17) is 23.7 Å². The van der Waals surface area contributed by atoms with Gasteiger partial charge in [0.05, 0.1) is 0 Å². The van der Waals surface area contributed by atoms with E-state index < -0.39 is 60.9 Å². The van der Waals surface area contributed by atoms with Crippen LogP contribution in [0.4, 0.5) is 0 Å². The van der Waals surface area contributed by atoms with Crippen LogP contribution in [0.2, 0.25) is 0 Å². The van der Waals surface area contributed by atoms with Gasteiger partial charge in [-0.25, -0.2) is 0 Å². The Balaban J connectivity index is 6.06. The van der Waals surface area contributed by atoms with Gasteiger partial charge in [-0.3, -0.25) is 24.0 Å². The molecule has 160 valence electrons. The first-order valence-electron chi connectivity index (χ1n) is 8.44. The Hall–Kier alpha value is -2.69. The summed E-state index contributed by atoms with van der Waals surface area (Å²) in [5.41, 5.74) is 0. The summed E-state index contributed by atoms with van der Waals surface area (Å²) >= 11 is 0. The highest BCUT2D eigenvalue weighted by molar-refractivity contribution is 5.69. The Morgan fingerprint density at radius 3 is 1.39 bits per heavy atom. The first-order valence-corrected chi connectivity index (χ1v) is 8.44. The molecular weight excluding hydrogens is 378 g/mol. The molecule has 11 heteroatoms. The normalized spacial score (nSPS) is 14.6. The largest absolute Gasteiger partial charge is 0.462 e. The van der Waals surface area contributed by atoms with E-state index in [0.717, 1.165) is 34.6 Å². The van der Waals surface area contributed by atoms with Crippen molar-refractivity contribution in [3.8, 4) is 0 Å². The molecule has 0 aliphatic heterocycles. The van der Waals surface area contributed by atoms with Crippen LogP contribution >= 0.6 is 0 Å². The van der Waals surface area contributed by atoms with Gasteiger partial charge < -0.3 is 29.0 Å². The molecule has 0 saturated carbocycles. The second kappa shape index (κ2) is 12.7. The van der Waals surface area contributed by atoms with Crippen LogP contribution in [0.25, 0.3) is 0 Å². The van der Waals surface area contributed by atoms with Crippen LogP contribution in [-0.4, -0.2) is 74.5 Å². The Morgan fingerprint density at radius 2 is 1.04 bits per heavy atom. The van der Waals surface area contributed by atoms with Crippen molar-refractivity contribution in [2.24, 2.45) is 0 Å². The van der Waals surface area contributed by atoms with E-state index in [1.807, 2.05) is 0 Å². The van der Waals surface area contributed by atoms with Gasteiger partial charge in [0.25, 0.3) is 0 Å². The first-order chi connectivity index (χ1) is 13.0. The standard InChI is InChI=1S/C17H27NO10/c1-9(19)24-8-15(26-11(3)21)17(28-13(5)23)16(27-12(4)22)14(7-18-6)25-10(2)20/h14-18H,7-8H2,1-6H3/t14-,15+,16+,17+/m1/s1. The number of hydrogen-bond acceptors (Lipinski definition) is 11. The van der Waals surface area contributed by atoms with Gasteiger partial charge in [-0.15, -0.1) is 0 Å².